The number of rotatable bonds is 8. The van der Waals surface area contributed by atoms with Gasteiger partial charge in [0.1, 0.15) is 0 Å². The normalized spacial score (nSPS) is 17.9. The van der Waals surface area contributed by atoms with Crippen LogP contribution in [0.5, 0.6) is 11.5 Å². The Morgan fingerprint density at radius 2 is 2.04 bits per heavy atom. The number of carbonyl (C=O) groups is 2. The largest absolute Gasteiger partial charge is 0.493 e. The fraction of sp³-hybridized carbons (Fsp3) is 0.556. The van der Waals surface area contributed by atoms with Gasteiger partial charge in [0.15, 0.2) is 11.5 Å². The van der Waals surface area contributed by atoms with Gasteiger partial charge >= 0.3 is 5.97 Å². The third-order valence-electron chi connectivity index (χ3n) is 4.17. The van der Waals surface area contributed by atoms with Crippen LogP contribution in [-0.2, 0) is 19.1 Å². The van der Waals surface area contributed by atoms with Crippen LogP contribution in [-0.4, -0.2) is 59.0 Å². The molecule has 0 saturated carbocycles. The average Bonchev–Trinajstić information content (AvgIpc) is 2.67. The van der Waals surface area contributed by atoms with E-state index in [1.54, 1.807) is 25.3 Å². The number of nitrogens with one attached hydrogen (secondary N) is 2. The summed E-state index contributed by atoms with van der Waals surface area (Å²) in [5, 5.41) is 6.14. The monoisotopic (exact) mass is 366 g/mol. The molecule has 1 amide bonds. The third kappa shape index (κ3) is 5.60. The van der Waals surface area contributed by atoms with E-state index < -0.39 is 12.0 Å². The Bertz CT molecular complexity index is 616. The Morgan fingerprint density at radius 3 is 2.65 bits per heavy atom. The highest BCUT2D eigenvalue weighted by Crippen LogP contribution is 2.31. The minimum absolute atomic E-state index is 0.0202. The van der Waals surface area contributed by atoms with Gasteiger partial charge in [-0.3, -0.25) is 9.59 Å². The lowest BCUT2D eigenvalue weighted by molar-refractivity contribution is -0.141. The van der Waals surface area contributed by atoms with Crippen molar-refractivity contribution in [1.82, 2.24) is 10.6 Å². The first-order valence-electron chi connectivity index (χ1n) is 8.46. The lowest BCUT2D eigenvalue weighted by Gasteiger charge is -2.25. The fourth-order valence-electron chi connectivity index (χ4n) is 2.80. The summed E-state index contributed by atoms with van der Waals surface area (Å²) in [4.78, 5) is 24.2. The van der Waals surface area contributed by atoms with Crippen molar-refractivity contribution in [2.75, 3.05) is 41.1 Å². The van der Waals surface area contributed by atoms with Gasteiger partial charge in [-0.05, 0) is 17.7 Å². The molecule has 0 bridgehead atoms. The van der Waals surface area contributed by atoms with Crippen molar-refractivity contribution in [2.45, 2.75) is 24.9 Å². The van der Waals surface area contributed by atoms with Gasteiger partial charge in [-0.15, -0.1) is 0 Å². The smallest absolute Gasteiger partial charge is 0.307 e. The summed E-state index contributed by atoms with van der Waals surface area (Å²) in [6.45, 7) is 1.86. The lowest BCUT2D eigenvalue weighted by atomic mass is 10.0. The van der Waals surface area contributed by atoms with Crippen LogP contribution in [0, 0.1) is 0 Å². The first kappa shape index (κ1) is 20.0. The van der Waals surface area contributed by atoms with E-state index in [-0.39, 0.29) is 24.8 Å². The van der Waals surface area contributed by atoms with Crippen LogP contribution in [0.15, 0.2) is 18.2 Å². The molecule has 2 N–H and O–H groups in total. The SMILES string of the molecule is COC(=O)CC(NC(=O)CC1COCCN1)c1ccc(OC)c(OC)c1. The molecular weight excluding hydrogens is 340 g/mol. The van der Waals surface area contributed by atoms with Crippen LogP contribution in [0.4, 0.5) is 0 Å². The standard InChI is InChI=1S/C18H26N2O6/c1-23-15-5-4-12(8-16(15)24-2)14(10-18(22)25-3)20-17(21)9-13-11-26-7-6-19-13/h4-5,8,13-14,19H,6-7,9-11H2,1-3H3,(H,20,21). The molecule has 1 aliphatic rings. The number of hydrogen-bond donors (Lipinski definition) is 2. The van der Waals surface area contributed by atoms with E-state index >= 15 is 0 Å². The summed E-state index contributed by atoms with van der Waals surface area (Å²) in [6, 6.07) is 4.71. The molecule has 8 nitrogen and oxygen atoms in total. The van der Waals surface area contributed by atoms with Gasteiger partial charge in [0.05, 0.1) is 47.0 Å². The molecule has 0 aromatic heterocycles. The minimum Gasteiger partial charge on any atom is -0.493 e. The van der Waals surface area contributed by atoms with Crippen molar-refractivity contribution in [2.24, 2.45) is 0 Å². The predicted octanol–water partition coefficient (Wildman–Crippen LogP) is 0.803. The highest BCUT2D eigenvalue weighted by molar-refractivity contribution is 5.78. The average molecular weight is 366 g/mol. The van der Waals surface area contributed by atoms with Gasteiger partial charge in [0.25, 0.3) is 0 Å². The van der Waals surface area contributed by atoms with Crippen LogP contribution >= 0.6 is 0 Å². The summed E-state index contributed by atoms with van der Waals surface area (Å²) >= 11 is 0. The van der Waals surface area contributed by atoms with Crippen molar-refractivity contribution in [3.8, 4) is 11.5 Å². The van der Waals surface area contributed by atoms with Crippen LogP contribution in [0.1, 0.15) is 24.4 Å². The number of ether oxygens (including phenoxy) is 4. The number of amides is 1. The van der Waals surface area contributed by atoms with E-state index in [1.807, 2.05) is 0 Å². The topological polar surface area (TPSA) is 95.1 Å². The van der Waals surface area contributed by atoms with Crippen molar-refractivity contribution in [3.63, 3.8) is 0 Å². The van der Waals surface area contributed by atoms with Gasteiger partial charge in [0, 0.05) is 19.0 Å². The molecule has 144 valence electrons. The second-order valence-electron chi connectivity index (χ2n) is 5.94. The van der Waals surface area contributed by atoms with Crippen molar-refractivity contribution >= 4 is 11.9 Å². The van der Waals surface area contributed by atoms with E-state index in [9.17, 15) is 9.59 Å². The van der Waals surface area contributed by atoms with E-state index in [1.165, 1.54) is 14.2 Å². The molecular formula is C18H26N2O6. The number of benzene rings is 1. The molecule has 1 fully saturated rings. The second-order valence-corrected chi connectivity index (χ2v) is 5.94. The van der Waals surface area contributed by atoms with Crippen LogP contribution in [0.2, 0.25) is 0 Å². The summed E-state index contributed by atoms with van der Waals surface area (Å²) in [5.41, 5.74) is 0.731. The molecule has 8 heteroatoms. The summed E-state index contributed by atoms with van der Waals surface area (Å²) < 4.78 is 20.7. The second kappa shape index (κ2) is 9.98. The molecule has 0 radical (unpaired) electrons. The van der Waals surface area contributed by atoms with Crippen molar-refractivity contribution in [3.05, 3.63) is 23.8 Å². The fourth-order valence-corrected chi connectivity index (χ4v) is 2.80. The Balaban J connectivity index is 2.12. The molecule has 1 aromatic rings. The molecule has 0 spiro atoms. The number of morpholine rings is 1. The molecule has 1 saturated heterocycles. The molecule has 1 heterocycles. The summed E-state index contributed by atoms with van der Waals surface area (Å²) in [5.74, 6) is 0.514. The van der Waals surface area contributed by atoms with E-state index in [2.05, 4.69) is 10.6 Å². The van der Waals surface area contributed by atoms with Crippen LogP contribution in [0.3, 0.4) is 0 Å². The van der Waals surface area contributed by atoms with Crippen molar-refractivity contribution in [1.29, 1.82) is 0 Å². The molecule has 0 aliphatic carbocycles. The quantitative estimate of drug-likeness (QED) is 0.657. The van der Waals surface area contributed by atoms with E-state index in [0.717, 1.165) is 12.1 Å². The maximum atomic E-state index is 12.4. The van der Waals surface area contributed by atoms with Gasteiger partial charge in [-0.25, -0.2) is 0 Å². The molecule has 2 rings (SSSR count). The summed E-state index contributed by atoms with van der Waals surface area (Å²) in [7, 11) is 4.40. The number of methoxy groups -OCH3 is 3. The minimum atomic E-state index is -0.528. The lowest BCUT2D eigenvalue weighted by Crippen LogP contribution is -2.44. The maximum Gasteiger partial charge on any atom is 0.307 e. The van der Waals surface area contributed by atoms with Gasteiger partial charge < -0.3 is 29.6 Å². The Kier molecular flexibility index (Phi) is 7.68. The van der Waals surface area contributed by atoms with Crippen molar-refractivity contribution < 1.29 is 28.5 Å². The van der Waals surface area contributed by atoms with Crippen LogP contribution in [0.25, 0.3) is 0 Å². The zero-order valence-electron chi connectivity index (χ0n) is 15.4. The molecule has 2 atom stereocenters. The Morgan fingerprint density at radius 1 is 1.27 bits per heavy atom. The molecule has 2 unspecified atom stereocenters. The molecule has 26 heavy (non-hydrogen) atoms. The van der Waals surface area contributed by atoms with Crippen LogP contribution < -0.4 is 20.1 Å². The molecule has 1 aromatic carbocycles. The van der Waals surface area contributed by atoms with Gasteiger partial charge in [-0.2, -0.15) is 0 Å². The predicted molar refractivity (Wildman–Crippen MR) is 94.3 cm³/mol. The third-order valence-corrected chi connectivity index (χ3v) is 4.17. The first-order chi connectivity index (χ1) is 12.6. The maximum absolute atomic E-state index is 12.4. The summed E-state index contributed by atoms with van der Waals surface area (Å²) in [6.07, 6.45) is 0.289. The Hall–Kier alpha value is -2.32. The number of carbonyl (C=O) groups excluding carboxylic acids is 2. The zero-order valence-corrected chi connectivity index (χ0v) is 15.4. The zero-order chi connectivity index (χ0) is 18.9. The molecule has 1 aliphatic heterocycles. The van der Waals surface area contributed by atoms with E-state index in [0.29, 0.717) is 24.7 Å². The Labute approximate surface area is 153 Å². The van der Waals surface area contributed by atoms with Gasteiger partial charge in [0.2, 0.25) is 5.91 Å². The number of esters is 1. The highest BCUT2D eigenvalue weighted by Gasteiger charge is 2.23. The number of hydrogen-bond acceptors (Lipinski definition) is 7. The highest BCUT2D eigenvalue weighted by atomic mass is 16.5. The van der Waals surface area contributed by atoms with E-state index in [4.69, 9.17) is 18.9 Å². The first-order valence-corrected chi connectivity index (χ1v) is 8.46. The van der Waals surface area contributed by atoms with Gasteiger partial charge in [-0.1, -0.05) is 6.07 Å².